The number of benzene rings is 2. The predicted molar refractivity (Wildman–Crippen MR) is 113 cm³/mol. The number of hydrogen-bond donors (Lipinski definition) is 2. The second kappa shape index (κ2) is 9.51. The largest absolute Gasteiger partial charge is 0.475 e. The topological polar surface area (TPSA) is 101 Å². The van der Waals surface area contributed by atoms with Crippen LogP contribution in [-0.2, 0) is 10.0 Å². The molecular weight excluding hydrogens is 414 g/mol. The average molecular weight is 432 g/mol. The Kier molecular flexibility index (Phi) is 6.82. The minimum atomic E-state index is -3.86. The number of aliphatic hydroxyl groups excluding tert-OH is 1. The van der Waals surface area contributed by atoms with E-state index in [0.29, 0.717) is 16.1 Å². The van der Waals surface area contributed by atoms with E-state index in [1.165, 1.54) is 12.4 Å². The van der Waals surface area contributed by atoms with Gasteiger partial charge in [-0.1, -0.05) is 54.1 Å². The molecule has 1 heterocycles. The average Bonchev–Trinajstić information content (AvgIpc) is 2.72. The number of anilines is 1. The number of halogens is 1. The number of nitrogens with one attached hydrogen (secondary N) is 1. The van der Waals surface area contributed by atoms with E-state index in [1.54, 1.807) is 36.4 Å². The molecule has 0 aliphatic rings. The van der Waals surface area contributed by atoms with Gasteiger partial charge in [0.2, 0.25) is 5.88 Å². The predicted octanol–water partition coefficient (Wildman–Crippen LogP) is 3.58. The summed E-state index contributed by atoms with van der Waals surface area (Å²) in [4.78, 5) is 8.14. The minimum absolute atomic E-state index is 0.00228. The molecule has 2 N–H and O–H groups in total. The maximum absolute atomic E-state index is 12.6. The summed E-state index contributed by atoms with van der Waals surface area (Å²) in [6.07, 6.45) is 2.67. The lowest BCUT2D eigenvalue weighted by molar-refractivity contribution is 0.197. The van der Waals surface area contributed by atoms with Gasteiger partial charge in [-0.3, -0.25) is 4.72 Å². The lowest BCUT2D eigenvalue weighted by Gasteiger charge is -2.14. The Morgan fingerprint density at radius 2 is 1.79 bits per heavy atom. The van der Waals surface area contributed by atoms with Gasteiger partial charge in [-0.25, -0.2) is 18.4 Å². The van der Waals surface area contributed by atoms with Crippen LogP contribution in [0.3, 0.4) is 0 Å². The molecule has 0 aliphatic carbocycles. The van der Waals surface area contributed by atoms with Crippen molar-refractivity contribution in [3.63, 3.8) is 0 Å². The lowest BCUT2D eigenvalue weighted by Crippen LogP contribution is -2.13. The summed E-state index contributed by atoms with van der Waals surface area (Å²) in [5, 5.41) is 10.6. The first kappa shape index (κ1) is 20.8. The molecule has 29 heavy (non-hydrogen) atoms. The normalized spacial score (nSPS) is 11.5. The second-order valence-corrected chi connectivity index (χ2v) is 7.84. The van der Waals surface area contributed by atoms with Gasteiger partial charge < -0.3 is 9.84 Å². The van der Waals surface area contributed by atoms with Crippen LogP contribution >= 0.6 is 11.6 Å². The van der Waals surface area contributed by atoms with Gasteiger partial charge in [0.05, 0.1) is 17.6 Å². The molecule has 0 fully saturated rings. The second-order valence-electron chi connectivity index (χ2n) is 5.84. The SMILES string of the molecule is O=S(=O)(C=Cc1ccccc1)Nc1ncnc(OCCO)c1-c1ccc(Cl)cc1. The molecule has 0 unspecified atom stereocenters. The monoisotopic (exact) mass is 431 g/mol. The number of hydrogen-bond acceptors (Lipinski definition) is 6. The van der Waals surface area contributed by atoms with Crippen LogP contribution in [0, 0.1) is 0 Å². The smallest absolute Gasteiger partial charge is 0.256 e. The number of aliphatic hydroxyl groups is 1. The van der Waals surface area contributed by atoms with Crippen molar-refractivity contribution in [3.05, 3.63) is 76.9 Å². The van der Waals surface area contributed by atoms with Gasteiger partial charge in [-0.2, -0.15) is 0 Å². The number of rotatable bonds is 8. The molecule has 0 amide bonds. The van der Waals surface area contributed by atoms with E-state index in [-0.39, 0.29) is 24.9 Å². The maximum atomic E-state index is 12.6. The summed E-state index contributed by atoms with van der Waals surface area (Å²) in [6.45, 7) is -0.220. The van der Waals surface area contributed by atoms with Crippen molar-refractivity contribution in [2.24, 2.45) is 0 Å². The van der Waals surface area contributed by atoms with E-state index in [2.05, 4.69) is 14.7 Å². The first-order valence-electron chi connectivity index (χ1n) is 8.59. The fourth-order valence-electron chi connectivity index (χ4n) is 2.48. The zero-order chi connectivity index (χ0) is 20.7. The van der Waals surface area contributed by atoms with Gasteiger partial charge in [0, 0.05) is 5.02 Å². The fraction of sp³-hybridized carbons (Fsp3) is 0.100. The van der Waals surface area contributed by atoms with Crippen LogP contribution in [0.5, 0.6) is 5.88 Å². The van der Waals surface area contributed by atoms with Gasteiger partial charge in [0.25, 0.3) is 10.0 Å². The Hall–Kier alpha value is -2.94. The van der Waals surface area contributed by atoms with Crippen LogP contribution in [0.1, 0.15) is 5.56 Å². The van der Waals surface area contributed by atoms with Gasteiger partial charge >= 0.3 is 0 Å². The summed E-state index contributed by atoms with van der Waals surface area (Å²) < 4.78 is 33.1. The van der Waals surface area contributed by atoms with Crippen LogP contribution in [0.2, 0.25) is 5.02 Å². The highest BCUT2D eigenvalue weighted by Gasteiger charge is 2.18. The van der Waals surface area contributed by atoms with Crippen LogP contribution in [0.15, 0.2) is 66.3 Å². The molecule has 7 nitrogen and oxygen atoms in total. The molecule has 9 heteroatoms. The van der Waals surface area contributed by atoms with Crippen molar-refractivity contribution in [3.8, 4) is 17.0 Å². The van der Waals surface area contributed by atoms with Gasteiger partial charge in [-0.05, 0) is 29.3 Å². The molecule has 0 bridgehead atoms. The first-order chi connectivity index (χ1) is 14.0. The minimum Gasteiger partial charge on any atom is -0.475 e. The molecule has 3 aromatic rings. The molecule has 0 radical (unpaired) electrons. The van der Waals surface area contributed by atoms with Crippen molar-refractivity contribution < 1.29 is 18.3 Å². The molecule has 3 rings (SSSR count). The van der Waals surface area contributed by atoms with E-state index < -0.39 is 10.0 Å². The summed E-state index contributed by atoms with van der Waals surface area (Å²) in [5.74, 6) is 0.189. The number of aromatic nitrogens is 2. The van der Waals surface area contributed by atoms with E-state index >= 15 is 0 Å². The summed E-state index contributed by atoms with van der Waals surface area (Å²) in [7, 11) is -3.86. The molecule has 150 valence electrons. The highest BCUT2D eigenvalue weighted by molar-refractivity contribution is 7.95. The Labute approximate surface area is 173 Å². The van der Waals surface area contributed by atoms with Crippen LogP contribution in [-0.4, -0.2) is 36.7 Å². The molecule has 0 saturated heterocycles. The molecule has 0 spiro atoms. The van der Waals surface area contributed by atoms with E-state index in [1.807, 2.05) is 18.2 Å². The van der Waals surface area contributed by atoms with Gasteiger partial charge in [-0.15, -0.1) is 0 Å². The Morgan fingerprint density at radius 1 is 1.07 bits per heavy atom. The third-order valence-electron chi connectivity index (χ3n) is 3.75. The van der Waals surface area contributed by atoms with E-state index in [9.17, 15) is 8.42 Å². The number of ether oxygens (including phenoxy) is 1. The number of sulfonamides is 1. The molecule has 0 atom stereocenters. The summed E-state index contributed by atoms with van der Waals surface area (Å²) in [5.41, 5.74) is 1.69. The molecule has 1 aromatic heterocycles. The molecule has 0 aliphatic heterocycles. The van der Waals surface area contributed by atoms with Crippen molar-refractivity contribution in [1.82, 2.24) is 9.97 Å². The maximum Gasteiger partial charge on any atom is 0.256 e. The lowest BCUT2D eigenvalue weighted by atomic mass is 10.1. The van der Waals surface area contributed by atoms with E-state index in [0.717, 1.165) is 11.0 Å². The highest BCUT2D eigenvalue weighted by atomic mass is 35.5. The zero-order valence-corrected chi connectivity index (χ0v) is 16.8. The van der Waals surface area contributed by atoms with Crippen LogP contribution in [0.4, 0.5) is 5.82 Å². The standard InChI is InChI=1S/C20H18ClN3O4S/c21-17-8-6-16(7-9-17)18-19(22-14-23-20(18)28-12-11-25)24-29(26,27)13-10-15-4-2-1-3-5-15/h1-10,13-14,25H,11-12H2,(H,22,23,24). The Morgan fingerprint density at radius 3 is 2.48 bits per heavy atom. The third-order valence-corrected chi connectivity index (χ3v) is 4.98. The highest BCUT2D eigenvalue weighted by Crippen LogP contribution is 2.35. The quantitative estimate of drug-likeness (QED) is 0.565. The van der Waals surface area contributed by atoms with E-state index in [4.69, 9.17) is 21.4 Å². The van der Waals surface area contributed by atoms with Crippen molar-refractivity contribution in [2.75, 3.05) is 17.9 Å². The van der Waals surface area contributed by atoms with Crippen LogP contribution < -0.4 is 9.46 Å². The zero-order valence-electron chi connectivity index (χ0n) is 15.2. The molecular formula is C20H18ClN3O4S. The third kappa shape index (κ3) is 5.77. The Bertz CT molecular complexity index is 1090. The summed E-state index contributed by atoms with van der Waals surface area (Å²) in [6, 6.07) is 15.8. The van der Waals surface area contributed by atoms with Gasteiger partial charge in [0.15, 0.2) is 5.82 Å². The van der Waals surface area contributed by atoms with Crippen molar-refractivity contribution in [1.29, 1.82) is 0 Å². The van der Waals surface area contributed by atoms with Crippen molar-refractivity contribution in [2.45, 2.75) is 0 Å². The molecule has 0 saturated carbocycles. The van der Waals surface area contributed by atoms with Crippen molar-refractivity contribution >= 4 is 33.5 Å². The first-order valence-corrected chi connectivity index (χ1v) is 10.5. The molecule has 2 aromatic carbocycles. The van der Waals surface area contributed by atoms with Gasteiger partial charge in [0.1, 0.15) is 12.9 Å². The fourth-order valence-corrected chi connectivity index (χ4v) is 3.43. The summed E-state index contributed by atoms with van der Waals surface area (Å²) >= 11 is 5.95. The Balaban J connectivity index is 1.97. The number of nitrogens with zero attached hydrogens (tertiary/aromatic N) is 2. The van der Waals surface area contributed by atoms with Crippen LogP contribution in [0.25, 0.3) is 17.2 Å².